The molecule has 0 fully saturated rings. The number of hydrogen-bond acceptors (Lipinski definition) is 4. The molecule has 2 rings (SSSR count). The summed E-state index contributed by atoms with van der Waals surface area (Å²) < 4.78 is 18.7. The first kappa shape index (κ1) is 14.5. The van der Waals surface area contributed by atoms with E-state index in [-0.39, 0.29) is 23.6 Å². The maximum Gasteiger partial charge on any atom is 0.311 e. The van der Waals surface area contributed by atoms with Crippen LogP contribution >= 0.6 is 0 Å². The molecule has 106 valence electrons. The number of nitro groups is 1. The van der Waals surface area contributed by atoms with E-state index in [4.69, 9.17) is 10.00 Å². The van der Waals surface area contributed by atoms with Gasteiger partial charge in [-0.25, -0.2) is 4.39 Å². The van der Waals surface area contributed by atoms with Gasteiger partial charge in [-0.3, -0.25) is 10.1 Å². The van der Waals surface area contributed by atoms with Crippen LogP contribution in [0.1, 0.15) is 16.7 Å². The largest absolute Gasteiger partial charge is 0.482 e. The van der Waals surface area contributed by atoms with E-state index in [0.29, 0.717) is 11.1 Å². The van der Waals surface area contributed by atoms with Crippen molar-refractivity contribution in [3.63, 3.8) is 0 Å². The van der Waals surface area contributed by atoms with Gasteiger partial charge in [-0.15, -0.1) is 0 Å². The Hall–Kier alpha value is -2.94. The van der Waals surface area contributed by atoms with Crippen molar-refractivity contribution in [2.24, 2.45) is 0 Å². The molecule has 0 bridgehead atoms. The quantitative estimate of drug-likeness (QED) is 0.636. The molecule has 0 atom stereocenters. The minimum absolute atomic E-state index is 0.119. The maximum atomic E-state index is 13.2. The summed E-state index contributed by atoms with van der Waals surface area (Å²) in [6.45, 7) is 1.56. The lowest BCUT2D eigenvalue weighted by Gasteiger charge is -2.10. The van der Waals surface area contributed by atoms with Gasteiger partial charge in [0.2, 0.25) is 0 Å². The van der Waals surface area contributed by atoms with Gasteiger partial charge in [0.1, 0.15) is 12.4 Å². The molecule has 0 radical (unpaired) electrons. The Labute approximate surface area is 120 Å². The van der Waals surface area contributed by atoms with Gasteiger partial charge in [-0.1, -0.05) is 12.1 Å². The average molecular weight is 286 g/mol. The van der Waals surface area contributed by atoms with E-state index in [0.717, 1.165) is 0 Å². The van der Waals surface area contributed by atoms with E-state index in [2.05, 4.69) is 0 Å². The molecule has 0 saturated carbocycles. The molecule has 0 unspecified atom stereocenters. The maximum absolute atomic E-state index is 13.2. The lowest BCUT2D eigenvalue weighted by atomic mass is 10.1. The number of halogens is 1. The zero-order valence-corrected chi connectivity index (χ0v) is 11.2. The molecule has 6 heteroatoms. The van der Waals surface area contributed by atoms with Crippen molar-refractivity contribution in [3.05, 3.63) is 69.0 Å². The highest BCUT2D eigenvalue weighted by Crippen LogP contribution is 2.31. The summed E-state index contributed by atoms with van der Waals surface area (Å²) in [6, 6.07) is 10.2. The van der Waals surface area contributed by atoms with Crippen LogP contribution in [0.5, 0.6) is 5.75 Å². The summed E-state index contributed by atoms with van der Waals surface area (Å²) >= 11 is 0. The van der Waals surface area contributed by atoms with Crippen LogP contribution in [0.25, 0.3) is 0 Å². The Morgan fingerprint density at radius 1 is 1.38 bits per heavy atom. The molecule has 0 aromatic heterocycles. The van der Waals surface area contributed by atoms with E-state index < -0.39 is 10.7 Å². The lowest BCUT2D eigenvalue weighted by molar-refractivity contribution is -0.386. The minimum atomic E-state index is -0.543. The highest BCUT2D eigenvalue weighted by molar-refractivity contribution is 5.51. The molecule has 0 N–H and O–H groups in total. The second kappa shape index (κ2) is 6.01. The fourth-order valence-electron chi connectivity index (χ4n) is 1.91. The number of ether oxygens (including phenoxy) is 1. The summed E-state index contributed by atoms with van der Waals surface area (Å²) in [5.41, 5.74) is 1.05. The average Bonchev–Trinajstić information content (AvgIpc) is 2.45. The highest BCUT2D eigenvalue weighted by atomic mass is 19.1. The van der Waals surface area contributed by atoms with Gasteiger partial charge in [0, 0.05) is 11.6 Å². The monoisotopic (exact) mass is 286 g/mol. The molecule has 0 saturated heterocycles. The van der Waals surface area contributed by atoms with Gasteiger partial charge in [-0.2, -0.15) is 5.26 Å². The number of aryl methyl sites for hydroxylation is 1. The van der Waals surface area contributed by atoms with Crippen LogP contribution in [0.15, 0.2) is 36.4 Å². The molecule has 0 spiro atoms. The summed E-state index contributed by atoms with van der Waals surface area (Å²) in [4.78, 5) is 10.4. The molecule has 5 nitrogen and oxygen atoms in total. The number of nitrogens with zero attached hydrogens (tertiary/aromatic N) is 2. The van der Waals surface area contributed by atoms with Crippen molar-refractivity contribution in [1.82, 2.24) is 0 Å². The normalized spacial score (nSPS) is 9.95. The zero-order chi connectivity index (χ0) is 15.4. The summed E-state index contributed by atoms with van der Waals surface area (Å²) in [7, 11) is 0. The minimum Gasteiger partial charge on any atom is -0.482 e. The third kappa shape index (κ3) is 3.15. The molecule has 2 aromatic carbocycles. The summed E-state index contributed by atoms with van der Waals surface area (Å²) in [6.07, 6.45) is 0. The van der Waals surface area contributed by atoms with Crippen molar-refractivity contribution in [3.8, 4) is 11.8 Å². The fourth-order valence-corrected chi connectivity index (χ4v) is 1.91. The van der Waals surface area contributed by atoms with E-state index in [1.165, 1.54) is 24.3 Å². The number of nitro benzene ring substituents is 1. The standard InChI is InChI=1S/C15H11FN2O3/c1-10-3-2-4-14(18(19)20)15(10)21-9-12-7-13(16)6-5-11(12)8-17/h2-7H,9H2,1H3. The number of nitriles is 1. The predicted molar refractivity (Wildman–Crippen MR) is 73.3 cm³/mol. The van der Waals surface area contributed by atoms with Crippen molar-refractivity contribution >= 4 is 5.69 Å². The molecule has 0 aliphatic heterocycles. The van der Waals surface area contributed by atoms with Gasteiger partial charge in [0.25, 0.3) is 0 Å². The Morgan fingerprint density at radius 2 is 2.14 bits per heavy atom. The fraction of sp³-hybridized carbons (Fsp3) is 0.133. The number of hydrogen-bond donors (Lipinski definition) is 0. The summed E-state index contributed by atoms with van der Waals surface area (Å²) in [5, 5.41) is 19.9. The second-order valence-corrected chi connectivity index (χ2v) is 4.38. The van der Waals surface area contributed by atoms with E-state index >= 15 is 0 Å². The van der Waals surface area contributed by atoms with E-state index in [9.17, 15) is 14.5 Å². The number of para-hydroxylation sites is 1. The molecule has 21 heavy (non-hydrogen) atoms. The second-order valence-electron chi connectivity index (χ2n) is 4.38. The van der Waals surface area contributed by atoms with Crippen molar-refractivity contribution < 1.29 is 14.1 Å². The number of benzene rings is 2. The Balaban J connectivity index is 2.31. The first-order valence-corrected chi connectivity index (χ1v) is 6.08. The van der Waals surface area contributed by atoms with Crippen LogP contribution < -0.4 is 4.74 Å². The Morgan fingerprint density at radius 3 is 2.81 bits per heavy atom. The van der Waals surface area contributed by atoms with Crippen molar-refractivity contribution in [2.75, 3.05) is 0 Å². The molecule has 0 aliphatic carbocycles. The molecule has 0 aliphatic rings. The molecular formula is C15H11FN2O3. The van der Waals surface area contributed by atoms with Crippen LogP contribution in [-0.2, 0) is 6.61 Å². The van der Waals surface area contributed by atoms with Gasteiger partial charge in [0.15, 0.2) is 5.75 Å². The van der Waals surface area contributed by atoms with Crippen LogP contribution in [0.2, 0.25) is 0 Å². The predicted octanol–water partition coefficient (Wildman–Crippen LogP) is 3.49. The zero-order valence-electron chi connectivity index (χ0n) is 11.2. The molecular weight excluding hydrogens is 275 g/mol. The first-order valence-electron chi connectivity index (χ1n) is 6.08. The van der Waals surface area contributed by atoms with Crippen molar-refractivity contribution in [2.45, 2.75) is 13.5 Å². The molecule has 0 amide bonds. The van der Waals surface area contributed by atoms with E-state index in [1.54, 1.807) is 19.1 Å². The highest BCUT2D eigenvalue weighted by Gasteiger charge is 2.17. The van der Waals surface area contributed by atoms with Gasteiger partial charge in [0.05, 0.1) is 16.6 Å². The topological polar surface area (TPSA) is 76.2 Å². The molecule has 0 heterocycles. The molecule has 2 aromatic rings. The Kier molecular flexibility index (Phi) is 4.14. The third-order valence-corrected chi connectivity index (χ3v) is 2.95. The van der Waals surface area contributed by atoms with Gasteiger partial charge >= 0.3 is 5.69 Å². The number of rotatable bonds is 4. The lowest BCUT2D eigenvalue weighted by Crippen LogP contribution is -2.03. The summed E-state index contributed by atoms with van der Waals surface area (Å²) in [5.74, 6) is -0.373. The SMILES string of the molecule is Cc1cccc([N+](=O)[O-])c1OCc1cc(F)ccc1C#N. The van der Waals surface area contributed by atoms with Crippen LogP contribution in [0.3, 0.4) is 0 Å². The van der Waals surface area contributed by atoms with E-state index in [1.807, 2.05) is 6.07 Å². The van der Waals surface area contributed by atoms with Crippen LogP contribution in [0, 0.1) is 34.2 Å². The van der Waals surface area contributed by atoms with Gasteiger partial charge in [-0.05, 0) is 30.7 Å². The third-order valence-electron chi connectivity index (χ3n) is 2.95. The smallest absolute Gasteiger partial charge is 0.311 e. The van der Waals surface area contributed by atoms with Crippen LogP contribution in [0.4, 0.5) is 10.1 Å². The first-order chi connectivity index (χ1) is 10.0. The van der Waals surface area contributed by atoms with Gasteiger partial charge < -0.3 is 4.74 Å². The Bertz CT molecular complexity index is 738. The van der Waals surface area contributed by atoms with Crippen molar-refractivity contribution in [1.29, 1.82) is 5.26 Å². The van der Waals surface area contributed by atoms with Crippen LogP contribution in [-0.4, -0.2) is 4.92 Å².